The lowest BCUT2D eigenvalue weighted by Gasteiger charge is -2.25. The first-order chi connectivity index (χ1) is 11.5. The lowest BCUT2D eigenvalue weighted by atomic mass is 9.93. The van der Waals surface area contributed by atoms with Crippen molar-refractivity contribution in [1.82, 2.24) is 15.1 Å². The van der Waals surface area contributed by atoms with Crippen LogP contribution in [0.1, 0.15) is 31.4 Å². The van der Waals surface area contributed by atoms with Gasteiger partial charge in [-0.25, -0.2) is 9.48 Å². The number of nitrogens with zero attached hydrogens (tertiary/aromatic N) is 2. The molecule has 1 fully saturated rings. The summed E-state index contributed by atoms with van der Waals surface area (Å²) in [5.74, 6) is 0.473. The van der Waals surface area contributed by atoms with E-state index in [1.807, 2.05) is 25.1 Å². The fraction of sp³-hybridized carbons (Fsp3) is 0.412. The first kappa shape index (κ1) is 16.8. The summed E-state index contributed by atoms with van der Waals surface area (Å²) in [6, 6.07) is 9.04. The third-order valence-corrected chi connectivity index (χ3v) is 4.56. The van der Waals surface area contributed by atoms with Gasteiger partial charge < -0.3 is 10.4 Å². The number of aromatic nitrogens is 2. The number of nitrogens with one attached hydrogen (secondary N) is 2. The van der Waals surface area contributed by atoms with Gasteiger partial charge in [-0.05, 0) is 44.7 Å². The van der Waals surface area contributed by atoms with Gasteiger partial charge in [0.15, 0.2) is 5.82 Å². The number of aryl methyl sites for hydroxylation is 1. The van der Waals surface area contributed by atoms with Crippen LogP contribution >= 0.6 is 11.6 Å². The molecule has 1 heterocycles. The Morgan fingerprint density at radius 3 is 2.71 bits per heavy atom. The Morgan fingerprint density at radius 1 is 1.29 bits per heavy atom. The van der Waals surface area contributed by atoms with Crippen LogP contribution in [0.4, 0.5) is 10.6 Å². The number of amides is 2. The first-order valence-electron chi connectivity index (χ1n) is 8.10. The predicted octanol–water partition coefficient (Wildman–Crippen LogP) is 3.26. The van der Waals surface area contributed by atoms with E-state index >= 15 is 0 Å². The molecule has 2 aromatic rings. The third-order valence-electron chi connectivity index (χ3n) is 4.24. The van der Waals surface area contributed by atoms with Crippen molar-refractivity contribution in [2.24, 2.45) is 0 Å². The standard InChI is InChI=1S/C17H21ClN4O2/c1-11-10-16(21-22(11)15-5-3-2-4-14(15)18)20-17(24)19-12-6-8-13(23)9-7-12/h2-5,10,12-13,23H,6-9H2,1H3,(H2,19,20,21,24). The molecule has 0 bridgehead atoms. The summed E-state index contributed by atoms with van der Waals surface area (Å²) in [6.45, 7) is 1.90. The Hall–Kier alpha value is -2.05. The Bertz CT molecular complexity index is 723. The summed E-state index contributed by atoms with van der Waals surface area (Å²) >= 11 is 6.21. The van der Waals surface area contributed by atoms with E-state index in [1.54, 1.807) is 16.8 Å². The molecular weight excluding hydrogens is 328 g/mol. The van der Waals surface area contributed by atoms with Gasteiger partial charge in [-0.3, -0.25) is 5.32 Å². The van der Waals surface area contributed by atoms with Gasteiger partial charge in [0.1, 0.15) is 0 Å². The Kier molecular flexibility index (Phi) is 5.06. The molecule has 3 rings (SSSR count). The molecule has 0 spiro atoms. The molecule has 128 valence electrons. The largest absolute Gasteiger partial charge is 0.393 e. The van der Waals surface area contributed by atoms with Crippen LogP contribution in [0, 0.1) is 6.92 Å². The number of para-hydroxylation sites is 1. The number of aliphatic hydroxyl groups is 1. The molecule has 1 aromatic carbocycles. The zero-order chi connectivity index (χ0) is 17.1. The van der Waals surface area contributed by atoms with Crippen molar-refractivity contribution in [3.8, 4) is 5.69 Å². The van der Waals surface area contributed by atoms with Crippen molar-refractivity contribution in [3.63, 3.8) is 0 Å². The van der Waals surface area contributed by atoms with E-state index in [2.05, 4.69) is 15.7 Å². The van der Waals surface area contributed by atoms with Gasteiger partial charge in [-0.15, -0.1) is 5.10 Å². The lowest BCUT2D eigenvalue weighted by molar-refractivity contribution is 0.118. The molecule has 3 N–H and O–H groups in total. The van der Waals surface area contributed by atoms with E-state index in [1.165, 1.54) is 0 Å². The van der Waals surface area contributed by atoms with Gasteiger partial charge in [0.2, 0.25) is 0 Å². The minimum atomic E-state index is -0.278. The monoisotopic (exact) mass is 348 g/mol. The predicted molar refractivity (Wildman–Crippen MR) is 93.7 cm³/mol. The molecule has 1 saturated carbocycles. The van der Waals surface area contributed by atoms with Crippen LogP contribution < -0.4 is 10.6 Å². The number of urea groups is 1. The van der Waals surface area contributed by atoms with E-state index in [0.717, 1.165) is 37.1 Å². The summed E-state index contributed by atoms with van der Waals surface area (Å²) in [5, 5.41) is 20.2. The molecule has 7 heteroatoms. The summed E-state index contributed by atoms with van der Waals surface area (Å²) in [5.41, 5.74) is 1.64. The highest BCUT2D eigenvalue weighted by molar-refractivity contribution is 6.32. The number of hydrogen-bond acceptors (Lipinski definition) is 3. The van der Waals surface area contributed by atoms with Crippen molar-refractivity contribution in [2.75, 3.05) is 5.32 Å². The maximum absolute atomic E-state index is 12.1. The molecule has 1 aromatic heterocycles. The number of aliphatic hydroxyl groups excluding tert-OH is 1. The molecule has 0 saturated heterocycles. The molecule has 0 radical (unpaired) electrons. The second-order valence-corrected chi connectivity index (χ2v) is 6.55. The molecule has 6 nitrogen and oxygen atoms in total. The van der Waals surface area contributed by atoms with Crippen LogP contribution in [-0.2, 0) is 0 Å². The van der Waals surface area contributed by atoms with E-state index in [0.29, 0.717) is 10.8 Å². The number of carbonyl (C=O) groups is 1. The van der Waals surface area contributed by atoms with Crippen molar-refractivity contribution in [2.45, 2.75) is 44.8 Å². The van der Waals surface area contributed by atoms with Crippen LogP contribution in [0.3, 0.4) is 0 Å². The third kappa shape index (κ3) is 3.88. The van der Waals surface area contributed by atoms with Crippen molar-refractivity contribution < 1.29 is 9.90 Å². The normalized spacial score (nSPS) is 20.6. The van der Waals surface area contributed by atoms with Gasteiger partial charge >= 0.3 is 6.03 Å². The highest BCUT2D eigenvalue weighted by Gasteiger charge is 2.21. The van der Waals surface area contributed by atoms with Crippen LogP contribution in [0.15, 0.2) is 30.3 Å². The smallest absolute Gasteiger partial charge is 0.320 e. The minimum absolute atomic E-state index is 0.0974. The highest BCUT2D eigenvalue weighted by Crippen LogP contribution is 2.22. The average Bonchev–Trinajstić information content (AvgIpc) is 2.90. The van der Waals surface area contributed by atoms with Crippen LogP contribution in [0.25, 0.3) is 5.69 Å². The second-order valence-electron chi connectivity index (χ2n) is 6.14. The molecular formula is C17H21ClN4O2. The maximum atomic E-state index is 12.1. The number of hydrogen-bond donors (Lipinski definition) is 3. The fourth-order valence-corrected chi connectivity index (χ4v) is 3.18. The van der Waals surface area contributed by atoms with Gasteiger partial charge in [0, 0.05) is 17.8 Å². The molecule has 1 aliphatic carbocycles. The molecule has 0 unspecified atom stereocenters. The molecule has 24 heavy (non-hydrogen) atoms. The Morgan fingerprint density at radius 2 is 2.00 bits per heavy atom. The number of benzene rings is 1. The fourth-order valence-electron chi connectivity index (χ4n) is 2.96. The van der Waals surface area contributed by atoms with Crippen molar-refractivity contribution >= 4 is 23.4 Å². The van der Waals surface area contributed by atoms with E-state index < -0.39 is 0 Å². The minimum Gasteiger partial charge on any atom is -0.393 e. The second kappa shape index (κ2) is 7.23. The quantitative estimate of drug-likeness (QED) is 0.796. The van der Waals surface area contributed by atoms with Crippen LogP contribution in [-0.4, -0.2) is 33.1 Å². The van der Waals surface area contributed by atoms with Gasteiger partial charge in [-0.1, -0.05) is 23.7 Å². The molecule has 0 aliphatic heterocycles. The average molecular weight is 349 g/mol. The zero-order valence-electron chi connectivity index (χ0n) is 13.5. The maximum Gasteiger partial charge on any atom is 0.320 e. The van der Waals surface area contributed by atoms with Gasteiger partial charge in [-0.2, -0.15) is 0 Å². The van der Waals surface area contributed by atoms with E-state index in [4.69, 9.17) is 11.6 Å². The molecule has 1 aliphatic rings. The number of anilines is 1. The van der Waals surface area contributed by atoms with Crippen LogP contribution in [0.2, 0.25) is 5.02 Å². The summed E-state index contributed by atoms with van der Waals surface area (Å²) in [4.78, 5) is 12.1. The SMILES string of the molecule is Cc1cc(NC(=O)NC2CCC(O)CC2)nn1-c1ccccc1Cl. The summed E-state index contributed by atoms with van der Waals surface area (Å²) in [7, 11) is 0. The van der Waals surface area contributed by atoms with Crippen LogP contribution in [0.5, 0.6) is 0 Å². The van der Waals surface area contributed by atoms with E-state index in [-0.39, 0.29) is 18.2 Å². The van der Waals surface area contributed by atoms with E-state index in [9.17, 15) is 9.90 Å². The van der Waals surface area contributed by atoms with Gasteiger partial charge in [0.25, 0.3) is 0 Å². The highest BCUT2D eigenvalue weighted by atomic mass is 35.5. The number of carbonyl (C=O) groups excluding carboxylic acids is 1. The molecule has 0 atom stereocenters. The summed E-state index contributed by atoms with van der Waals surface area (Å²) < 4.78 is 1.70. The van der Waals surface area contributed by atoms with Gasteiger partial charge in [0.05, 0.1) is 16.8 Å². The Balaban J connectivity index is 1.65. The first-order valence-corrected chi connectivity index (χ1v) is 8.48. The van der Waals surface area contributed by atoms with Crippen molar-refractivity contribution in [1.29, 1.82) is 0 Å². The Labute approximate surface area is 145 Å². The number of halogens is 1. The molecule has 2 amide bonds. The number of rotatable bonds is 3. The zero-order valence-corrected chi connectivity index (χ0v) is 14.3. The van der Waals surface area contributed by atoms with Crippen molar-refractivity contribution in [3.05, 3.63) is 41.0 Å². The lowest BCUT2D eigenvalue weighted by Crippen LogP contribution is -2.40. The summed E-state index contributed by atoms with van der Waals surface area (Å²) in [6.07, 6.45) is 2.81. The topological polar surface area (TPSA) is 79.2 Å².